The van der Waals surface area contributed by atoms with Gasteiger partial charge in [-0.05, 0) is 131 Å². The van der Waals surface area contributed by atoms with Crippen molar-refractivity contribution in [2.75, 3.05) is 14.7 Å². The van der Waals surface area contributed by atoms with Gasteiger partial charge in [-0.1, -0.05) is 158 Å². The van der Waals surface area contributed by atoms with Crippen LogP contribution < -0.4 is 14.7 Å². The first-order chi connectivity index (χ1) is 31.2. The van der Waals surface area contributed by atoms with Crippen LogP contribution in [0.4, 0.5) is 34.1 Å². The number of rotatable bonds is 8. The van der Waals surface area contributed by atoms with Crippen LogP contribution in [0.5, 0.6) is 0 Å². The third-order valence-corrected chi connectivity index (χ3v) is 12.8. The Hall–Kier alpha value is -7.88. The second-order valence-electron chi connectivity index (χ2n) is 16.5. The highest BCUT2D eigenvalue weighted by atomic mass is 15.2. The second-order valence-corrected chi connectivity index (χ2v) is 16.5. The summed E-state index contributed by atoms with van der Waals surface area (Å²) in [5.74, 6) is 0.338. The lowest BCUT2D eigenvalue weighted by molar-refractivity contribution is 0.778. The average Bonchev–Trinajstić information content (AvgIpc) is 3.68. The molecule has 0 saturated heterocycles. The lowest BCUT2D eigenvalue weighted by Gasteiger charge is -2.32. The highest BCUT2D eigenvalue weighted by molar-refractivity contribution is 5.93. The predicted molar refractivity (Wildman–Crippen MR) is 267 cm³/mol. The molecule has 0 aromatic heterocycles. The van der Waals surface area contributed by atoms with Gasteiger partial charge >= 0.3 is 0 Å². The largest absolute Gasteiger partial charge is 0.340 e. The van der Waals surface area contributed by atoms with Gasteiger partial charge in [0.2, 0.25) is 0 Å². The van der Waals surface area contributed by atoms with Crippen molar-refractivity contribution in [1.82, 2.24) is 0 Å². The average molecular weight is 810 g/mol. The first-order valence-corrected chi connectivity index (χ1v) is 22.0. The molecule has 0 fully saturated rings. The smallest absolute Gasteiger partial charge is 0.0554 e. The molecule has 3 nitrogen and oxygen atoms in total. The monoisotopic (exact) mass is 809 g/mol. The molecule has 0 saturated carbocycles. The maximum Gasteiger partial charge on any atom is 0.0554 e. The van der Waals surface area contributed by atoms with Crippen LogP contribution in [0.15, 0.2) is 249 Å². The standard InChI is InChI=1S/C60H47N3/c1-43-41-48(39-40-61(49-19-7-3-8-20-49)57-26-14-11-23-53(43)57)45-31-36-52(37-32-45)62(58-27-15-12-24-54(58)46-17-5-2-6-18-46)51-34-29-44(30-35-51)47-33-38-60-56(42-47)55-25-13-16-28-59(55)63(60)50-21-9-4-10-22-50/h2-19,21-24,26-42,49,55H,1,20,25H2/b40-39-,48-41+. The summed E-state index contributed by atoms with van der Waals surface area (Å²) in [5.41, 5.74) is 18.8. The van der Waals surface area contributed by atoms with E-state index in [2.05, 4.69) is 258 Å². The first kappa shape index (κ1) is 38.1. The number of para-hydroxylation sites is 3. The van der Waals surface area contributed by atoms with E-state index in [1.54, 1.807) is 0 Å². The van der Waals surface area contributed by atoms with E-state index < -0.39 is 0 Å². The van der Waals surface area contributed by atoms with Gasteiger partial charge in [0.25, 0.3) is 0 Å². The van der Waals surface area contributed by atoms with Crippen molar-refractivity contribution in [1.29, 1.82) is 0 Å². The number of anilines is 6. The molecule has 0 radical (unpaired) electrons. The van der Waals surface area contributed by atoms with Crippen LogP contribution in [0, 0.1) is 0 Å². The Morgan fingerprint density at radius 2 is 1.21 bits per heavy atom. The van der Waals surface area contributed by atoms with Gasteiger partial charge in [-0.3, -0.25) is 0 Å². The van der Waals surface area contributed by atoms with Crippen molar-refractivity contribution < 1.29 is 0 Å². The minimum absolute atomic E-state index is 0.235. The third kappa shape index (κ3) is 7.18. The fourth-order valence-electron chi connectivity index (χ4n) is 9.69. The molecule has 2 aliphatic heterocycles. The molecule has 2 aliphatic carbocycles. The second kappa shape index (κ2) is 16.5. The fraction of sp³-hybridized carbons (Fsp3) is 0.0667. The molecule has 2 unspecified atom stereocenters. The van der Waals surface area contributed by atoms with Gasteiger partial charge in [-0.2, -0.15) is 0 Å². The number of nitrogens with zero attached hydrogens (tertiary/aromatic N) is 3. The zero-order chi connectivity index (χ0) is 42.1. The van der Waals surface area contributed by atoms with Crippen molar-refractivity contribution in [3.8, 4) is 22.3 Å². The predicted octanol–water partition coefficient (Wildman–Crippen LogP) is 15.9. The molecule has 2 heterocycles. The number of fused-ring (bicyclic) bond motifs is 4. The first-order valence-electron chi connectivity index (χ1n) is 22.0. The van der Waals surface area contributed by atoms with E-state index in [0.717, 1.165) is 52.2 Å². The van der Waals surface area contributed by atoms with E-state index in [0.29, 0.717) is 5.92 Å². The Morgan fingerprint density at radius 1 is 0.540 bits per heavy atom. The third-order valence-electron chi connectivity index (χ3n) is 12.8. The summed E-state index contributed by atoms with van der Waals surface area (Å²) in [7, 11) is 0. The molecule has 3 heteroatoms. The summed E-state index contributed by atoms with van der Waals surface area (Å²) in [6.45, 7) is 4.57. The van der Waals surface area contributed by atoms with E-state index in [1.807, 2.05) is 0 Å². The molecule has 2 atom stereocenters. The van der Waals surface area contributed by atoms with Crippen molar-refractivity contribution in [2.45, 2.75) is 24.8 Å². The van der Waals surface area contributed by atoms with Gasteiger partial charge in [0, 0.05) is 57.4 Å². The highest BCUT2D eigenvalue weighted by Gasteiger charge is 2.35. The van der Waals surface area contributed by atoms with E-state index in [9.17, 15) is 0 Å². The molecular weight excluding hydrogens is 763 g/mol. The lowest BCUT2D eigenvalue weighted by atomic mass is 9.90. The van der Waals surface area contributed by atoms with Crippen LogP contribution in [-0.4, -0.2) is 6.04 Å². The Balaban J connectivity index is 0.958. The zero-order valence-corrected chi connectivity index (χ0v) is 35.1. The van der Waals surface area contributed by atoms with Crippen LogP contribution in [0.1, 0.15) is 35.4 Å². The van der Waals surface area contributed by atoms with Gasteiger partial charge in [-0.25, -0.2) is 0 Å². The molecule has 302 valence electrons. The normalized spacial score (nSPS) is 18.6. The SMILES string of the molecule is C=C1/C=C(c2ccc(N(c3ccc(-c4ccc5c(c4)C4CC=CC=C4N5c4ccccc4)cc3)c3ccccc3-c3ccccc3)cc2)\C=C/N(C2C=CC=CC2)c2ccccc21. The maximum atomic E-state index is 4.57. The van der Waals surface area contributed by atoms with Gasteiger partial charge in [-0.15, -0.1) is 0 Å². The molecule has 0 amide bonds. The van der Waals surface area contributed by atoms with Gasteiger partial charge in [0.05, 0.1) is 11.7 Å². The van der Waals surface area contributed by atoms with Gasteiger partial charge in [0.1, 0.15) is 0 Å². The Kier molecular flexibility index (Phi) is 9.99. The van der Waals surface area contributed by atoms with Crippen LogP contribution in [0.3, 0.4) is 0 Å². The number of allylic oxidation sites excluding steroid dienone is 10. The molecule has 0 N–H and O–H groups in total. The van der Waals surface area contributed by atoms with E-state index in [1.165, 1.54) is 50.6 Å². The zero-order valence-electron chi connectivity index (χ0n) is 35.1. The maximum absolute atomic E-state index is 4.57. The van der Waals surface area contributed by atoms with Crippen LogP contribution in [0.25, 0.3) is 33.4 Å². The summed E-state index contributed by atoms with van der Waals surface area (Å²) >= 11 is 0. The van der Waals surface area contributed by atoms with Gasteiger partial charge in [0.15, 0.2) is 0 Å². The minimum Gasteiger partial charge on any atom is -0.340 e. The van der Waals surface area contributed by atoms with Crippen molar-refractivity contribution in [2.24, 2.45) is 0 Å². The molecular formula is C60H47N3. The van der Waals surface area contributed by atoms with E-state index in [-0.39, 0.29) is 6.04 Å². The summed E-state index contributed by atoms with van der Waals surface area (Å²) in [6, 6.07) is 64.1. The Morgan fingerprint density at radius 3 is 1.97 bits per heavy atom. The summed E-state index contributed by atoms with van der Waals surface area (Å²) < 4.78 is 0. The topological polar surface area (TPSA) is 9.72 Å². The number of benzene rings is 7. The Bertz CT molecular complexity index is 3020. The molecule has 11 rings (SSSR count). The number of hydrogen-bond acceptors (Lipinski definition) is 3. The summed E-state index contributed by atoms with van der Waals surface area (Å²) in [5, 5.41) is 0. The lowest BCUT2D eigenvalue weighted by Crippen LogP contribution is -2.30. The minimum atomic E-state index is 0.235. The van der Waals surface area contributed by atoms with Crippen LogP contribution >= 0.6 is 0 Å². The highest BCUT2D eigenvalue weighted by Crippen LogP contribution is 2.51. The summed E-state index contributed by atoms with van der Waals surface area (Å²) in [4.78, 5) is 7.21. The summed E-state index contributed by atoms with van der Waals surface area (Å²) in [6.07, 6.45) is 24.2. The fourth-order valence-corrected chi connectivity index (χ4v) is 9.69. The molecule has 0 bridgehead atoms. The van der Waals surface area contributed by atoms with Crippen molar-refractivity contribution in [3.63, 3.8) is 0 Å². The van der Waals surface area contributed by atoms with Gasteiger partial charge < -0.3 is 14.7 Å². The van der Waals surface area contributed by atoms with Crippen molar-refractivity contribution in [3.05, 3.63) is 266 Å². The molecule has 4 aliphatic rings. The Labute approximate surface area is 371 Å². The number of hydrogen-bond donors (Lipinski definition) is 0. The van der Waals surface area contributed by atoms with Crippen LogP contribution in [0.2, 0.25) is 0 Å². The van der Waals surface area contributed by atoms with E-state index >= 15 is 0 Å². The quantitative estimate of drug-likeness (QED) is 0.151. The molecule has 7 aromatic rings. The molecule has 63 heavy (non-hydrogen) atoms. The molecule has 7 aromatic carbocycles. The van der Waals surface area contributed by atoms with E-state index in [4.69, 9.17) is 0 Å². The molecule has 0 spiro atoms. The van der Waals surface area contributed by atoms with Crippen LogP contribution in [-0.2, 0) is 0 Å². The van der Waals surface area contributed by atoms with Crippen molar-refractivity contribution >= 4 is 45.3 Å².